The van der Waals surface area contributed by atoms with Crippen molar-refractivity contribution in [2.45, 2.75) is 6.54 Å². The molecule has 2 aromatic heterocycles. The summed E-state index contributed by atoms with van der Waals surface area (Å²) in [5, 5.41) is 11.0. The molecular formula is C17H17N5O2. The topological polar surface area (TPSA) is 81.8 Å². The molecule has 0 saturated heterocycles. The third kappa shape index (κ3) is 3.57. The number of carbonyl (C=O) groups is 1. The molecule has 1 amide bonds. The van der Waals surface area contributed by atoms with Crippen LogP contribution in [0.2, 0.25) is 0 Å². The highest BCUT2D eigenvalue weighted by molar-refractivity contribution is 5.93. The zero-order valence-corrected chi connectivity index (χ0v) is 13.2. The molecule has 7 heteroatoms. The fraction of sp³-hybridized carbons (Fsp3) is 0.176. The van der Waals surface area contributed by atoms with E-state index in [-0.39, 0.29) is 11.5 Å². The first-order valence-electron chi connectivity index (χ1n) is 7.54. The minimum absolute atomic E-state index is 0.150. The van der Waals surface area contributed by atoms with E-state index in [9.17, 15) is 9.59 Å². The summed E-state index contributed by atoms with van der Waals surface area (Å²) in [4.78, 5) is 23.4. The molecule has 0 unspecified atom stereocenters. The van der Waals surface area contributed by atoms with Crippen molar-refractivity contribution in [1.82, 2.24) is 24.9 Å². The third-order valence-corrected chi connectivity index (χ3v) is 3.58. The zero-order chi connectivity index (χ0) is 16.9. The van der Waals surface area contributed by atoms with E-state index >= 15 is 0 Å². The summed E-state index contributed by atoms with van der Waals surface area (Å²) in [5.41, 5.74) is 2.08. The summed E-state index contributed by atoms with van der Waals surface area (Å²) >= 11 is 0. The van der Waals surface area contributed by atoms with Gasteiger partial charge in [0.1, 0.15) is 5.69 Å². The smallest absolute Gasteiger partial charge is 0.252 e. The van der Waals surface area contributed by atoms with E-state index in [4.69, 9.17) is 0 Å². The van der Waals surface area contributed by atoms with Crippen LogP contribution in [0.3, 0.4) is 0 Å². The lowest BCUT2D eigenvalue weighted by molar-refractivity contribution is 0.0951. The van der Waals surface area contributed by atoms with Crippen molar-refractivity contribution in [2.24, 2.45) is 7.05 Å². The molecule has 122 valence electrons. The summed E-state index contributed by atoms with van der Waals surface area (Å²) in [6, 6.07) is 12.7. The SMILES string of the molecule is Cn1cc(C(=O)NCCn2cc(-c3ccccc3)nn2)ccc1=O. The van der Waals surface area contributed by atoms with Crippen LogP contribution in [0, 0.1) is 0 Å². The Kier molecular flexibility index (Phi) is 4.51. The lowest BCUT2D eigenvalue weighted by Gasteiger charge is -2.06. The molecule has 0 aliphatic carbocycles. The lowest BCUT2D eigenvalue weighted by atomic mass is 10.2. The summed E-state index contributed by atoms with van der Waals surface area (Å²) in [5.74, 6) is -0.228. The number of hydrogen-bond donors (Lipinski definition) is 1. The van der Waals surface area contributed by atoms with E-state index in [0.717, 1.165) is 11.3 Å². The van der Waals surface area contributed by atoms with Crippen LogP contribution in [0.1, 0.15) is 10.4 Å². The highest BCUT2D eigenvalue weighted by atomic mass is 16.2. The van der Waals surface area contributed by atoms with Gasteiger partial charge in [0.05, 0.1) is 18.3 Å². The number of hydrogen-bond acceptors (Lipinski definition) is 4. The van der Waals surface area contributed by atoms with Gasteiger partial charge in [0.25, 0.3) is 5.91 Å². The van der Waals surface area contributed by atoms with Gasteiger partial charge < -0.3 is 9.88 Å². The van der Waals surface area contributed by atoms with Crippen LogP contribution in [0.5, 0.6) is 0 Å². The zero-order valence-electron chi connectivity index (χ0n) is 13.2. The Hall–Kier alpha value is -3.22. The van der Waals surface area contributed by atoms with Gasteiger partial charge in [-0.25, -0.2) is 0 Å². The van der Waals surface area contributed by atoms with Crippen molar-refractivity contribution in [3.05, 3.63) is 70.8 Å². The monoisotopic (exact) mass is 323 g/mol. The van der Waals surface area contributed by atoms with Crippen LogP contribution in [0.4, 0.5) is 0 Å². The van der Waals surface area contributed by atoms with Crippen molar-refractivity contribution < 1.29 is 4.79 Å². The summed E-state index contributed by atoms with van der Waals surface area (Å²) in [7, 11) is 1.61. The second-order valence-corrected chi connectivity index (χ2v) is 5.36. The molecular weight excluding hydrogens is 306 g/mol. The number of carbonyl (C=O) groups excluding carboxylic acids is 1. The number of pyridine rings is 1. The van der Waals surface area contributed by atoms with Gasteiger partial charge in [0.2, 0.25) is 5.56 Å². The Labute approximate surface area is 138 Å². The van der Waals surface area contributed by atoms with Crippen molar-refractivity contribution >= 4 is 5.91 Å². The summed E-state index contributed by atoms with van der Waals surface area (Å²) < 4.78 is 3.06. The molecule has 0 fully saturated rings. The molecule has 3 rings (SSSR count). The molecule has 24 heavy (non-hydrogen) atoms. The van der Waals surface area contributed by atoms with E-state index in [1.165, 1.54) is 22.9 Å². The van der Waals surface area contributed by atoms with Crippen LogP contribution in [0.15, 0.2) is 59.7 Å². The molecule has 7 nitrogen and oxygen atoms in total. The lowest BCUT2D eigenvalue weighted by Crippen LogP contribution is -2.28. The maximum Gasteiger partial charge on any atom is 0.252 e. The normalized spacial score (nSPS) is 10.5. The number of rotatable bonds is 5. The Morgan fingerprint density at radius 3 is 2.67 bits per heavy atom. The molecule has 0 radical (unpaired) electrons. The number of aryl methyl sites for hydroxylation is 1. The van der Waals surface area contributed by atoms with E-state index in [2.05, 4.69) is 15.6 Å². The Morgan fingerprint density at radius 1 is 1.12 bits per heavy atom. The van der Waals surface area contributed by atoms with Crippen molar-refractivity contribution in [3.63, 3.8) is 0 Å². The molecule has 2 heterocycles. The fourth-order valence-electron chi connectivity index (χ4n) is 2.26. The number of aromatic nitrogens is 4. The summed E-state index contributed by atoms with van der Waals surface area (Å²) in [6.45, 7) is 0.927. The van der Waals surface area contributed by atoms with Crippen LogP contribution in [-0.4, -0.2) is 32.0 Å². The van der Waals surface area contributed by atoms with Gasteiger partial charge in [-0.3, -0.25) is 14.3 Å². The maximum absolute atomic E-state index is 12.1. The van der Waals surface area contributed by atoms with Gasteiger partial charge >= 0.3 is 0 Å². The first-order valence-corrected chi connectivity index (χ1v) is 7.54. The fourth-order valence-corrected chi connectivity index (χ4v) is 2.26. The quantitative estimate of drug-likeness (QED) is 0.761. The Morgan fingerprint density at radius 2 is 1.92 bits per heavy atom. The molecule has 0 aliphatic heterocycles. The van der Waals surface area contributed by atoms with Crippen molar-refractivity contribution in [2.75, 3.05) is 6.54 Å². The van der Waals surface area contributed by atoms with Crippen LogP contribution in [-0.2, 0) is 13.6 Å². The Bertz CT molecular complexity index is 899. The van der Waals surface area contributed by atoms with E-state index in [1.54, 1.807) is 11.7 Å². The molecule has 0 atom stereocenters. The first kappa shape index (κ1) is 15.7. The molecule has 1 aromatic carbocycles. The van der Waals surface area contributed by atoms with Crippen molar-refractivity contribution in [3.8, 4) is 11.3 Å². The maximum atomic E-state index is 12.1. The Balaban J connectivity index is 1.57. The van der Waals surface area contributed by atoms with Crippen molar-refractivity contribution in [1.29, 1.82) is 0 Å². The number of nitrogens with zero attached hydrogens (tertiary/aromatic N) is 4. The van der Waals surface area contributed by atoms with E-state index in [1.807, 2.05) is 36.5 Å². The third-order valence-electron chi connectivity index (χ3n) is 3.58. The van der Waals surface area contributed by atoms with Gasteiger partial charge in [-0.05, 0) is 6.07 Å². The minimum atomic E-state index is -0.228. The summed E-state index contributed by atoms with van der Waals surface area (Å²) in [6.07, 6.45) is 3.36. The van der Waals surface area contributed by atoms with Gasteiger partial charge in [-0.15, -0.1) is 5.10 Å². The molecule has 1 N–H and O–H groups in total. The first-order chi connectivity index (χ1) is 11.6. The second-order valence-electron chi connectivity index (χ2n) is 5.36. The second kappa shape index (κ2) is 6.91. The standard InChI is InChI=1S/C17H17N5O2/c1-21-11-14(7-8-16(21)23)17(24)18-9-10-22-12-15(19-20-22)13-5-3-2-4-6-13/h2-8,11-12H,9-10H2,1H3,(H,18,24). The number of amides is 1. The highest BCUT2D eigenvalue weighted by Gasteiger charge is 2.07. The molecule has 0 saturated carbocycles. The molecule has 0 bridgehead atoms. The van der Waals surface area contributed by atoms with Gasteiger partial charge in [0.15, 0.2) is 0 Å². The van der Waals surface area contributed by atoms with Gasteiger partial charge in [-0.1, -0.05) is 35.5 Å². The average molecular weight is 323 g/mol. The van der Waals surface area contributed by atoms with Crippen LogP contribution in [0.25, 0.3) is 11.3 Å². The van der Waals surface area contributed by atoms with Crippen LogP contribution < -0.4 is 10.9 Å². The largest absolute Gasteiger partial charge is 0.350 e. The molecule has 3 aromatic rings. The average Bonchev–Trinajstić information content (AvgIpc) is 3.07. The number of benzene rings is 1. The van der Waals surface area contributed by atoms with Crippen LogP contribution >= 0.6 is 0 Å². The van der Waals surface area contributed by atoms with E-state index in [0.29, 0.717) is 18.7 Å². The molecule has 0 spiro atoms. The number of nitrogens with one attached hydrogen (secondary N) is 1. The highest BCUT2D eigenvalue weighted by Crippen LogP contribution is 2.14. The minimum Gasteiger partial charge on any atom is -0.350 e. The van der Waals surface area contributed by atoms with Gasteiger partial charge in [0, 0.05) is 31.4 Å². The predicted octanol–water partition coefficient (Wildman–Crippen LogP) is 1.07. The molecule has 0 aliphatic rings. The van der Waals surface area contributed by atoms with Gasteiger partial charge in [-0.2, -0.15) is 0 Å². The van der Waals surface area contributed by atoms with E-state index < -0.39 is 0 Å². The predicted molar refractivity (Wildman–Crippen MR) is 89.5 cm³/mol.